The van der Waals surface area contributed by atoms with Crippen LogP contribution in [0.2, 0.25) is 0 Å². The fraction of sp³-hybridized carbons (Fsp3) is 0.235. The van der Waals surface area contributed by atoms with E-state index in [9.17, 15) is 14.9 Å². The summed E-state index contributed by atoms with van der Waals surface area (Å²) < 4.78 is 5.33. The summed E-state index contributed by atoms with van der Waals surface area (Å²) >= 11 is 0. The topological polar surface area (TPSA) is 81.5 Å². The summed E-state index contributed by atoms with van der Waals surface area (Å²) in [5.74, 6) is -0.277. The maximum atomic E-state index is 12.0. The lowest BCUT2D eigenvalue weighted by molar-refractivity contribution is -0.385. The van der Waals surface area contributed by atoms with E-state index in [1.807, 2.05) is 26.0 Å². The molecule has 1 N–H and O–H groups in total. The average molecular weight is 314 g/mol. The number of hydrogen-bond donors (Lipinski definition) is 1. The van der Waals surface area contributed by atoms with Gasteiger partial charge in [0.25, 0.3) is 5.91 Å². The van der Waals surface area contributed by atoms with Crippen LogP contribution in [-0.4, -0.2) is 17.4 Å². The molecule has 6 heteroatoms. The molecule has 120 valence electrons. The molecule has 0 saturated heterocycles. The maximum Gasteiger partial charge on any atom is 0.310 e. The molecule has 23 heavy (non-hydrogen) atoms. The monoisotopic (exact) mass is 314 g/mol. The van der Waals surface area contributed by atoms with Crippen molar-refractivity contribution >= 4 is 17.3 Å². The van der Waals surface area contributed by atoms with Crippen LogP contribution in [0.5, 0.6) is 5.75 Å². The highest BCUT2D eigenvalue weighted by Crippen LogP contribution is 2.27. The van der Waals surface area contributed by atoms with Crippen molar-refractivity contribution in [2.45, 2.75) is 20.8 Å². The van der Waals surface area contributed by atoms with Crippen LogP contribution < -0.4 is 10.1 Å². The molecule has 2 rings (SSSR count). The fourth-order valence-electron chi connectivity index (χ4n) is 2.10. The highest BCUT2D eigenvalue weighted by Gasteiger charge is 2.16. The number of benzene rings is 2. The van der Waals surface area contributed by atoms with Gasteiger partial charge >= 0.3 is 5.69 Å². The summed E-state index contributed by atoms with van der Waals surface area (Å²) in [6, 6.07) is 10.1. The third-order valence-electron chi connectivity index (χ3n) is 3.55. The number of ether oxygens (including phenoxy) is 1. The van der Waals surface area contributed by atoms with E-state index < -0.39 is 4.92 Å². The second kappa shape index (κ2) is 6.91. The molecule has 0 fully saturated rings. The largest absolute Gasteiger partial charge is 0.477 e. The van der Waals surface area contributed by atoms with E-state index in [2.05, 4.69) is 5.32 Å². The zero-order valence-electron chi connectivity index (χ0n) is 13.3. The van der Waals surface area contributed by atoms with Crippen LogP contribution >= 0.6 is 0 Å². The van der Waals surface area contributed by atoms with Crippen LogP contribution in [0.4, 0.5) is 11.4 Å². The van der Waals surface area contributed by atoms with Crippen molar-refractivity contribution in [2.24, 2.45) is 0 Å². The van der Waals surface area contributed by atoms with E-state index in [1.54, 1.807) is 25.1 Å². The van der Waals surface area contributed by atoms with E-state index in [4.69, 9.17) is 4.74 Å². The van der Waals surface area contributed by atoms with Crippen molar-refractivity contribution in [1.82, 2.24) is 0 Å². The second-order valence-electron chi connectivity index (χ2n) is 5.31. The van der Waals surface area contributed by atoms with Gasteiger partial charge in [0, 0.05) is 11.8 Å². The van der Waals surface area contributed by atoms with Gasteiger partial charge in [-0.2, -0.15) is 0 Å². The Kier molecular flexibility index (Phi) is 4.95. The fourth-order valence-corrected chi connectivity index (χ4v) is 2.10. The van der Waals surface area contributed by atoms with Crippen molar-refractivity contribution in [3.05, 3.63) is 63.2 Å². The maximum absolute atomic E-state index is 12.0. The molecular formula is C17H18N2O4. The third kappa shape index (κ3) is 4.06. The zero-order chi connectivity index (χ0) is 17.0. The van der Waals surface area contributed by atoms with Gasteiger partial charge in [-0.1, -0.05) is 18.2 Å². The number of nitro benzene ring substituents is 1. The number of aryl methyl sites for hydroxylation is 2. The van der Waals surface area contributed by atoms with Gasteiger partial charge in [0.1, 0.15) is 0 Å². The Morgan fingerprint density at radius 1 is 1.22 bits per heavy atom. The molecule has 0 bridgehead atoms. The summed E-state index contributed by atoms with van der Waals surface area (Å²) in [6.45, 7) is 5.37. The van der Waals surface area contributed by atoms with E-state index in [-0.39, 0.29) is 24.0 Å². The Balaban J connectivity index is 2.06. The summed E-state index contributed by atoms with van der Waals surface area (Å²) in [5, 5.41) is 13.7. The Bertz CT molecular complexity index is 756. The van der Waals surface area contributed by atoms with Crippen molar-refractivity contribution in [3.63, 3.8) is 0 Å². The van der Waals surface area contributed by atoms with Gasteiger partial charge in [0.05, 0.1) is 4.92 Å². The summed E-state index contributed by atoms with van der Waals surface area (Å²) in [7, 11) is 0. The van der Waals surface area contributed by atoms with Crippen molar-refractivity contribution in [2.75, 3.05) is 11.9 Å². The average Bonchev–Trinajstić information content (AvgIpc) is 2.49. The molecule has 0 spiro atoms. The van der Waals surface area contributed by atoms with Gasteiger partial charge in [0.2, 0.25) is 0 Å². The minimum absolute atomic E-state index is 0.0890. The van der Waals surface area contributed by atoms with Crippen molar-refractivity contribution in [1.29, 1.82) is 0 Å². The highest BCUT2D eigenvalue weighted by molar-refractivity contribution is 5.92. The first-order chi connectivity index (χ1) is 10.9. The molecule has 0 aliphatic heterocycles. The molecule has 0 saturated carbocycles. The quantitative estimate of drug-likeness (QED) is 0.676. The van der Waals surface area contributed by atoms with Gasteiger partial charge in [0.15, 0.2) is 12.4 Å². The van der Waals surface area contributed by atoms with Gasteiger partial charge in [-0.3, -0.25) is 14.9 Å². The van der Waals surface area contributed by atoms with Crippen LogP contribution in [-0.2, 0) is 4.79 Å². The first kappa shape index (κ1) is 16.5. The Morgan fingerprint density at radius 3 is 2.65 bits per heavy atom. The molecule has 0 atom stereocenters. The number of nitro groups is 1. The number of hydrogen-bond acceptors (Lipinski definition) is 4. The molecular weight excluding hydrogens is 296 g/mol. The normalized spacial score (nSPS) is 10.2. The molecule has 2 aromatic carbocycles. The number of nitrogens with zero attached hydrogens (tertiary/aromatic N) is 1. The summed E-state index contributed by atoms with van der Waals surface area (Å²) in [4.78, 5) is 22.5. The minimum Gasteiger partial charge on any atom is -0.477 e. The molecule has 0 radical (unpaired) electrons. The molecule has 6 nitrogen and oxygen atoms in total. The number of carbonyl (C=O) groups is 1. The Hall–Kier alpha value is -2.89. The highest BCUT2D eigenvalue weighted by atomic mass is 16.6. The first-order valence-corrected chi connectivity index (χ1v) is 7.12. The van der Waals surface area contributed by atoms with E-state index >= 15 is 0 Å². The molecule has 0 unspecified atom stereocenters. The number of carbonyl (C=O) groups excluding carboxylic acids is 1. The van der Waals surface area contributed by atoms with Crippen molar-refractivity contribution in [3.8, 4) is 5.75 Å². The smallest absolute Gasteiger partial charge is 0.310 e. The molecule has 0 aliphatic rings. The van der Waals surface area contributed by atoms with Gasteiger partial charge in [-0.25, -0.2) is 0 Å². The standard InChI is InChI=1S/C17H18N2O4/c1-11-7-8-15(19(21)22)16(9-11)23-10-17(20)18-14-6-4-5-12(2)13(14)3/h4-9H,10H2,1-3H3,(H,18,20). The van der Waals surface area contributed by atoms with Crippen LogP contribution in [0.1, 0.15) is 16.7 Å². The van der Waals surface area contributed by atoms with Gasteiger partial charge in [-0.15, -0.1) is 0 Å². The summed E-state index contributed by atoms with van der Waals surface area (Å²) in [5.41, 5.74) is 3.41. The molecule has 0 aromatic heterocycles. The predicted molar refractivity (Wildman–Crippen MR) is 87.9 cm³/mol. The van der Waals surface area contributed by atoms with Crippen LogP contribution in [0.15, 0.2) is 36.4 Å². The van der Waals surface area contributed by atoms with E-state index in [1.165, 1.54) is 6.07 Å². The van der Waals surface area contributed by atoms with Gasteiger partial charge in [-0.05, 0) is 49.6 Å². The van der Waals surface area contributed by atoms with Crippen LogP contribution in [0.3, 0.4) is 0 Å². The molecule has 0 aliphatic carbocycles. The van der Waals surface area contributed by atoms with Crippen molar-refractivity contribution < 1.29 is 14.5 Å². The number of amides is 1. The lowest BCUT2D eigenvalue weighted by atomic mass is 10.1. The molecule has 1 amide bonds. The molecule has 0 heterocycles. The molecule has 2 aromatic rings. The number of anilines is 1. The van der Waals surface area contributed by atoms with E-state index in [0.29, 0.717) is 5.69 Å². The number of rotatable bonds is 5. The predicted octanol–water partition coefficient (Wildman–Crippen LogP) is 3.54. The number of nitrogens with one attached hydrogen (secondary N) is 1. The second-order valence-corrected chi connectivity index (χ2v) is 5.31. The SMILES string of the molecule is Cc1ccc([N+](=O)[O-])c(OCC(=O)Nc2cccc(C)c2C)c1. The summed E-state index contributed by atoms with van der Waals surface area (Å²) in [6.07, 6.45) is 0. The lowest BCUT2D eigenvalue weighted by Gasteiger charge is -2.11. The van der Waals surface area contributed by atoms with Crippen LogP contribution in [0.25, 0.3) is 0 Å². The van der Waals surface area contributed by atoms with Gasteiger partial charge < -0.3 is 10.1 Å². The Labute approximate surface area is 134 Å². The first-order valence-electron chi connectivity index (χ1n) is 7.12. The minimum atomic E-state index is -0.530. The zero-order valence-corrected chi connectivity index (χ0v) is 13.3. The van der Waals surface area contributed by atoms with Crippen LogP contribution in [0, 0.1) is 30.9 Å². The third-order valence-corrected chi connectivity index (χ3v) is 3.55. The van der Waals surface area contributed by atoms with E-state index in [0.717, 1.165) is 16.7 Å². The Morgan fingerprint density at radius 2 is 1.96 bits per heavy atom. The lowest BCUT2D eigenvalue weighted by Crippen LogP contribution is -2.21.